The van der Waals surface area contributed by atoms with Crippen LogP contribution in [0.1, 0.15) is 18.6 Å². The molecule has 6 heteroatoms. The summed E-state index contributed by atoms with van der Waals surface area (Å²) in [6.07, 6.45) is -1.27. The van der Waals surface area contributed by atoms with Crippen molar-refractivity contribution in [2.24, 2.45) is 5.92 Å². The summed E-state index contributed by atoms with van der Waals surface area (Å²) in [6, 6.07) is 3.27. The number of hydrogen-bond acceptors (Lipinski definition) is 4. The van der Waals surface area contributed by atoms with Gasteiger partial charge in [-0.1, -0.05) is 6.92 Å². The summed E-state index contributed by atoms with van der Waals surface area (Å²) in [7, 11) is 4.06. The van der Waals surface area contributed by atoms with E-state index in [1.54, 1.807) is 6.07 Å². The highest BCUT2D eigenvalue weighted by Gasteiger charge is 2.35. The Morgan fingerprint density at radius 3 is 2.71 bits per heavy atom. The molecule has 3 atom stereocenters. The topological polar surface area (TPSA) is 55.8 Å². The van der Waals surface area contributed by atoms with Crippen LogP contribution in [-0.4, -0.2) is 49.1 Å². The second kappa shape index (κ2) is 4.96. The van der Waals surface area contributed by atoms with Gasteiger partial charge in [0, 0.05) is 30.4 Å². The molecule has 1 amide bonds. The molecule has 1 aromatic rings. The fraction of sp³-hybridized carbons (Fsp3) is 0.533. The quantitative estimate of drug-likeness (QED) is 0.860. The van der Waals surface area contributed by atoms with Gasteiger partial charge in [0.25, 0.3) is 5.91 Å². The van der Waals surface area contributed by atoms with E-state index in [2.05, 4.69) is 17.1 Å². The molecule has 21 heavy (non-hydrogen) atoms. The van der Waals surface area contributed by atoms with Gasteiger partial charge in [0.2, 0.25) is 0 Å². The number of aliphatic hydroxyl groups excluding tert-OH is 1. The third kappa shape index (κ3) is 2.28. The van der Waals surface area contributed by atoms with Gasteiger partial charge in [-0.15, -0.1) is 0 Å². The van der Waals surface area contributed by atoms with E-state index in [0.29, 0.717) is 28.9 Å². The summed E-state index contributed by atoms with van der Waals surface area (Å²) in [6.45, 7) is 3.68. The molecule has 0 radical (unpaired) electrons. The van der Waals surface area contributed by atoms with E-state index in [9.17, 15) is 14.3 Å². The molecular formula is C15H20FN3O2. The fourth-order valence-electron chi connectivity index (χ4n) is 3.31. The van der Waals surface area contributed by atoms with Gasteiger partial charge in [-0.25, -0.2) is 4.39 Å². The lowest BCUT2D eigenvalue weighted by Gasteiger charge is -2.23. The maximum absolute atomic E-state index is 14.3. The van der Waals surface area contributed by atoms with Crippen molar-refractivity contribution in [3.8, 4) is 0 Å². The van der Waals surface area contributed by atoms with Gasteiger partial charge in [0.05, 0.1) is 5.69 Å². The first kappa shape index (κ1) is 14.3. The Morgan fingerprint density at radius 1 is 1.38 bits per heavy atom. The molecule has 2 aliphatic rings. The predicted octanol–water partition coefficient (Wildman–Crippen LogP) is 1.20. The summed E-state index contributed by atoms with van der Waals surface area (Å²) in [5.41, 5.74) is 1.31. The SMILES string of the molecule is CC1CN(c2cc3c(cc2F)C(O)C(=O)N3)CC1N(C)C. The number of benzene rings is 1. The highest BCUT2D eigenvalue weighted by molar-refractivity contribution is 6.02. The van der Waals surface area contributed by atoms with Crippen molar-refractivity contribution in [1.82, 2.24) is 4.90 Å². The zero-order valence-electron chi connectivity index (χ0n) is 12.4. The van der Waals surface area contributed by atoms with Crippen molar-refractivity contribution in [2.45, 2.75) is 19.1 Å². The molecule has 5 nitrogen and oxygen atoms in total. The number of nitrogens with zero attached hydrogens (tertiary/aromatic N) is 2. The second-order valence-corrected chi connectivity index (χ2v) is 6.20. The number of carbonyl (C=O) groups excluding carboxylic acids is 1. The van der Waals surface area contributed by atoms with Crippen LogP contribution in [0.25, 0.3) is 0 Å². The fourth-order valence-corrected chi connectivity index (χ4v) is 3.31. The van der Waals surface area contributed by atoms with Crippen molar-refractivity contribution < 1.29 is 14.3 Å². The molecule has 3 unspecified atom stereocenters. The smallest absolute Gasteiger partial charge is 0.257 e. The second-order valence-electron chi connectivity index (χ2n) is 6.20. The largest absolute Gasteiger partial charge is 0.378 e. The Kier molecular flexibility index (Phi) is 3.37. The van der Waals surface area contributed by atoms with E-state index in [1.807, 2.05) is 19.0 Å². The average molecular weight is 293 g/mol. The van der Waals surface area contributed by atoms with Crippen molar-refractivity contribution in [1.29, 1.82) is 0 Å². The van der Waals surface area contributed by atoms with Crippen LogP contribution >= 0.6 is 0 Å². The van der Waals surface area contributed by atoms with Gasteiger partial charge in [0.15, 0.2) is 6.10 Å². The lowest BCUT2D eigenvalue weighted by molar-refractivity contribution is -0.123. The highest BCUT2D eigenvalue weighted by Crippen LogP contribution is 2.37. The molecule has 0 aliphatic carbocycles. The van der Waals surface area contributed by atoms with Crippen molar-refractivity contribution in [3.05, 3.63) is 23.5 Å². The van der Waals surface area contributed by atoms with Crippen LogP contribution in [0.4, 0.5) is 15.8 Å². The first-order valence-corrected chi connectivity index (χ1v) is 7.12. The van der Waals surface area contributed by atoms with Gasteiger partial charge in [-0.2, -0.15) is 0 Å². The molecule has 0 saturated carbocycles. The number of hydrogen-bond donors (Lipinski definition) is 2. The molecule has 0 aromatic heterocycles. The lowest BCUT2D eigenvalue weighted by atomic mass is 10.1. The molecule has 114 valence electrons. The normalized spacial score (nSPS) is 28.2. The van der Waals surface area contributed by atoms with E-state index in [0.717, 1.165) is 13.1 Å². The van der Waals surface area contributed by atoms with E-state index in [1.165, 1.54) is 6.07 Å². The minimum absolute atomic E-state index is 0.317. The minimum atomic E-state index is -1.27. The zero-order chi connectivity index (χ0) is 15.3. The number of carbonyl (C=O) groups is 1. The van der Waals surface area contributed by atoms with Gasteiger partial charge < -0.3 is 20.2 Å². The monoisotopic (exact) mass is 293 g/mol. The first-order valence-electron chi connectivity index (χ1n) is 7.12. The molecule has 3 rings (SSSR count). The summed E-state index contributed by atoms with van der Waals surface area (Å²) in [5.74, 6) is -0.453. The van der Waals surface area contributed by atoms with Crippen LogP contribution in [0.15, 0.2) is 12.1 Å². The van der Waals surface area contributed by atoms with Crippen LogP contribution in [0.2, 0.25) is 0 Å². The standard InChI is InChI=1S/C15H20FN3O2/c1-8-6-19(7-13(8)18(2)3)12-5-11-9(4-10(12)16)14(20)15(21)17-11/h4-5,8,13-14,20H,6-7H2,1-3H3,(H,17,21). The van der Waals surface area contributed by atoms with Crippen LogP contribution in [0.5, 0.6) is 0 Å². The molecule has 1 aromatic carbocycles. The van der Waals surface area contributed by atoms with Crippen LogP contribution < -0.4 is 10.2 Å². The maximum Gasteiger partial charge on any atom is 0.257 e. The zero-order valence-corrected chi connectivity index (χ0v) is 12.4. The highest BCUT2D eigenvalue weighted by atomic mass is 19.1. The summed E-state index contributed by atoms with van der Waals surface area (Å²) in [4.78, 5) is 15.6. The Labute approximate surface area is 123 Å². The average Bonchev–Trinajstić information content (AvgIpc) is 2.92. The lowest BCUT2D eigenvalue weighted by Crippen LogP contribution is -2.34. The molecule has 0 bridgehead atoms. The third-order valence-electron chi connectivity index (χ3n) is 4.50. The molecule has 2 aliphatic heterocycles. The minimum Gasteiger partial charge on any atom is -0.378 e. The number of rotatable bonds is 2. The maximum atomic E-state index is 14.3. The Balaban J connectivity index is 1.91. The summed E-state index contributed by atoms with van der Waals surface area (Å²) in [5, 5.41) is 12.3. The first-order chi connectivity index (χ1) is 9.88. The number of fused-ring (bicyclic) bond motifs is 1. The number of halogens is 1. The molecule has 2 N–H and O–H groups in total. The van der Waals surface area contributed by atoms with E-state index in [4.69, 9.17) is 0 Å². The Bertz CT molecular complexity index is 591. The van der Waals surface area contributed by atoms with Crippen molar-refractivity contribution in [2.75, 3.05) is 37.4 Å². The van der Waals surface area contributed by atoms with Crippen LogP contribution in [0.3, 0.4) is 0 Å². The van der Waals surface area contributed by atoms with E-state index in [-0.39, 0.29) is 0 Å². The van der Waals surface area contributed by atoms with E-state index >= 15 is 0 Å². The van der Waals surface area contributed by atoms with Gasteiger partial charge in [-0.05, 0) is 32.1 Å². The van der Waals surface area contributed by atoms with Gasteiger partial charge in [-0.3, -0.25) is 4.79 Å². The molecule has 1 fully saturated rings. The number of nitrogens with one attached hydrogen (secondary N) is 1. The number of anilines is 2. The summed E-state index contributed by atoms with van der Waals surface area (Å²) < 4.78 is 14.3. The van der Waals surface area contributed by atoms with Crippen LogP contribution in [0, 0.1) is 11.7 Å². The molecule has 2 heterocycles. The van der Waals surface area contributed by atoms with Gasteiger partial charge in [0.1, 0.15) is 5.82 Å². The Morgan fingerprint density at radius 2 is 2.10 bits per heavy atom. The number of amides is 1. The van der Waals surface area contributed by atoms with Crippen molar-refractivity contribution in [3.63, 3.8) is 0 Å². The number of likely N-dealkylation sites (N-methyl/N-ethyl adjacent to an activating group) is 1. The predicted molar refractivity (Wildman–Crippen MR) is 78.8 cm³/mol. The van der Waals surface area contributed by atoms with Crippen LogP contribution in [-0.2, 0) is 4.79 Å². The van der Waals surface area contributed by atoms with E-state index < -0.39 is 17.8 Å². The molecule has 1 saturated heterocycles. The number of aliphatic hydroxyl groups is 1. The molecular weight excluding hydrogens is 273 g/mol. The Hall–Kier alpha value is -1.66. The van der Waals surface area contributed by atoms with Gasteiger partial charge >= 0.3 is 0 Å². The molecule has 0 spiro atoms. The summed E-state index contributed by atoms with van der Waals surface area (Å²) >= 11 is 0. The third-order valence-corrected chi connectivity index (χ3v) is 4.50. The van der Waals surface area contributed by atoms with Crippen molar-refractivity contribution >= 4 is 17.3 Å².